The fourth-order valence-electron chi connectivity index (χ4n) is 4.64. The van der Waals surface area contributed by atoms with Gasteiger partial charge in [-0.15, -0.1) is 0 Å². The molecule has 1 atom stereocenters. The number of carbonyl (C=O) groups is 2. The van der Waals surface area contributed by atoms with Crippen LogP contribution in [-0.2, 0) is 16.1 Å². The van der Waals surface area contributed by atoms with Crippen molar-refractivity contribution in [2.24, 2.45) is 0 Å². The van der Waals surface area contributed by atoms with Gasteiger partial charge in [0.1, 0.15) is 12.4 Å². The van der Waals surface area contributed by atoms with Crippen molar-refractivity contribution in [3.63, 3.8) is 0 Å². The van der Waals surface area contributed by atoms with E-state index in [1.807, 2.05) is 85.8 Å². The zero-order valence-electron chi connectivity index (χ0n) is 19.1. The van der Waals surface area contributed by atoms with Gasteiger partial charge in [0.2, 0.25) is 0 Å². The number of carbonyl (C=O) groups excluding carboxylic acids is 2. The van der Waals surface area contributed by atoms with Crippen molar-refractivity contribution in [3.8, 4) is 5.75 Å². The number of benzene rings is 3. The molecule has 5 nitrogen and oxygen atoms in total. The van der Waals surface area contributed by atoms with Gasteiger partial charge in [-0.1, -0.05) is 66.7 Å². The van der Waals surface area contributed by atoms with Crippen molar-refractivity contribution < 1.29 is 19.1 Å². The van der Waals surface area contributed by atoms with E-state index in [-0.39, 0.29) is 12.4 Å². The summed E-state index contributed by atoms with van der Waals surface area (Å²) < 4.78 is 11.3. The van der Waals surface area contributed by atoms with Crippen molar-refractivity contribution in [2.75, 3.05) is 6.61 Å². The molecular weight excluding hydrogens is 426 g/mol. The summed E-state index contributed by atoms with van der Waals surface area (Å²) in [5, 5.41) is 3.32. The third kappa shape index (κ3) is 3.79. The topological polar surface area (TPSA) is 64.6 Å². The van der Waals surface area contributed by atoms with Crippen LogP contribution >= 0.6 is 0 Å². The smallest absolute Gasteiger partial charge is 0.336 e. The largest absolute Gasteiger partial charge is 0.489 e. The summed E-state index contributed by atoms with van der Waals surface area (Å²) in [6.07, 6.45) is 0. The van der Waals surface area contributed by atoms with E-state index in [1.54, 1.807) is 6.92 Å². The number of allylic oxidation sites excluding steroid dienone is 2. The van der Waals surface area contributed by atoms with Crippen LogP contribution in [0.15, 0.2) is 95.7 Å². The molecule has 5 rings (SSSR count). The maximum atomic E-state index is 13.5. The zero-order valence-corrected chi connectivity index (χ0v) is 19.1. The molecule has 0 fully saturated rings. The highest BCUT2D eigenvalue weighted by atomic mass is 16.5. The number of nitrogens with one attached hydrogen (secondary N) is 1. The van der Waals surface area contributed by atoms with Crippen LogP contribution < -0.4 is 10.1 Å². The molecule has 0 radical (unpaired) electrons. The van der Waals surface area contributed by atoms with E-state index in [0.717, 1.165) is 28.1 Å². The minimum Gasteiger partial charge on any atom is -0.489 e. The first kappa shape index (κ1) is 21.7. The highest BCUT2D eigenvalue weighted by Gasteiger charge is 2.42. The summed E-state index contributed by atoms with van der Waals surface area (Å²) in [7, 11) is 0. The van der Waals surface area contributed by atoms with Crippen LogP contribution in [0.2, 0.25) is 0 Å². The Kier molecular flexibility index (Phi) is 5.76. The Morgan fingerprint density at radius 2 is 1.59 bits per heavy atom. The van der Waals surface area contributed by atoms with Gasteiger partial charge in [0.05, 0.1) is 17.9 Å². The molecule has 0 bridgehead atoms. The molecule has 1 heterocycles. The van der Waals surface area contributed by atoms with Crippen LogP contribution in [0.3, 0.4) is 0 Å². The summed E-state index contributed by atoms with van der Waals surface area (Å²) in [4.78, 5) is 26.5. The lowest BCUT2D eigenvalue weighted by atomic mass is 9.80. The van der Waals surface area contributed by atoms with Crippen molar-refractivity contribution in [2.45, 2.75) is 26.4 Å². The first-order valence-corrected chi connectivity index (χ1v) is 11.4. The van der Waals surface area contributed by atoms with Gasteiger partial charge in [-0.25, -0.2) is 4.79 Å². The minimum absolute atomic E-state index is 0.0678. The Labute approximate surface area is 198 Å². The van der Waals surface area contributed by atoms with Crippen LogP contribution in [0.5, 0.6) is 5.75 Å². The number of Topliss-reactive ketones (excluding diaryl/α,β-unsaturated/α-hetero) is 1. The van der Waals surface area contributed by atoms with E-state index in [2.05, 4.69) is 5.32 Å². The zero-order chi connectivity index (χ0) is 23.7. The Morgan fingerprint density at radius 1 is 0.912 bits per heavy atom. The first-order valence-electron chi connectivity index (χ1n) is 11.4. The van der Waals surface area contributed by atoms with Gasteiger partial charge >= 0.3 is 5.97 Å². The van der Waals surface area contributed by atoms with Crippen molar-refractivity contribution in [1.29, 1.82) is 0 Å². The predicted molar refractivity (Wildman–Crippen MR) is 130 cm³/mol. The molecule has 34 heavy (non-hydrogen) atoms. The molecule has 1 aliphatic heterocycles. The van der Waals surface area contributed by atoms with Gasteiger partial charge in [-0.2, -0.15) is 0 Å². The lowest BCUT2D eigenvalue weighted by Crippen LogP contribution is -2.29. The standard InChI is InChI=1S/C29H25NO4/c1-3-33-29(32)24-18(2)30-27-22-11-7-8-12-23(22)28(31)26(27)25(24)20-13-15-21(16-14-20)34-17-19-9-5-4-6-10-19/h4-16,25,30H,3,17H2,1-2H3/t25-/m1/s1. The maximum absolute atomic E-state index is 13.5. The van der Waals surface area contributed by atoms with Gasteiger partial charge in [0.15, 0.2) is 5.78 Å². The second-order valence-electron chi connectivity index (χ2n) is 8.32. The number of rotatable bonds is 6. The summed E-state index contributed by atoms with van der Waals surface area (Å²) in [6, 6.07) is 25.1. The molecule has 1 N–H and O–H groups in total. The van der Waals surface area contributed by atoms with Gasteiger partial charge in [-0.05, 0) is 37.1 Å². The average molecular weight is 452 g/mol. The molecule has 0 aromatic heterocycles. The second-order valence-corrected chi connectivity index (χ2v) is 8.32. The van der Waals surface area contributed by atoms with E-state index < -0.39 is 11.9 Å². The van der Waals surface area contributed by atoms with Crippen molar-refractivity contribution in [1.82, 2.24) is 5.32 Å². The molecule has 2 aliphatic rings. The highest BCUT2D eigenvalue weighted by Crippen LogP contribution is 2.46. The molecule has 0 saturated carbocycles. The summed E-state index contributed by atoms with van der Waals surface area (Å²) in [6.45, 7) is 4.35. The van der Waals surface area contributed by atoms with Crippen LogP contribution in [0.25, 0.3) is 5.70 Å². The summed E-state index contributed by atoms with van der Waals surface area (Å²) in [5.41, 5.74) is 5.91. The quantitative estimate of drug-likeness (QED) is 0.509. The lowest BCUT2D eigenvalue weighted by molar-refractivity contribution is -0.138. The molecule has 5 heteroatoms. The summed E-state index contributed by atoms with van der Waals surface area (Å²) >= 11 is 0. The maximum Gasteiger partial charge on any atom is 0.336 e. The van der Waals surface area contributed by atoms with Crippen LogP contribution in [0.4, 0.5) is 0 Å². The van der Waals surface area contributed by atoms with Crippen LogP contribution in [-0.4, -0.2) is 18.4 Å². The Balaban J connectivity index is 1.51. The molecule has 3 aromatic rings. The van der Waals surface area contributed by atoms with Gasteiger partial charge < -0.3 is 14.8 Å². The van der Waals surface area contributed by atoms with Crippen LogP contribution in [0, 0.1) is 0 Å². The molecule has 170 valence electrons. The second kappa shape index (κ2) is 9.02. The number of ketones is 1. The van der Waals surface area contributed by atoms with Gasteiger partial charge in [0, 0.05) is 28.3 Å². The Hall–Kier alpha value is -4.12. The Bertz CT molecular complexity index is 1320. The van der Waals surface area contributed by atoms with Crippen molar-refractivity contribution in [3.05, 3.63) is 118 Å². The predicted octanol–water partition coefficient (Wildman–Crippen LogP) is 5.40. The highest BCUT2D eigenvalue weighted by molar-refractivity contribution is 6.23. The van der Waals surface area contributed by atoms with E-state index in [1.165, 1.54) is 0 Å². The number of ether oxygens (including phenoxy) is 2. The monoisotopic (exact) mass is 451 g/mol. The van der Waals surface area contributed by atoms with E-state index >= 15 is 0 Å². The van der Waals surface area contributed by atoms with Gasteiger partial charge in [0.25, 0.3) is 0 Å². The van der Waals surface area contributed by atoms with E-state index in [4.69, 9.17) is 9.47 Å². The summed E-state index contributed by atoms with van der Waals surface area (Å²) in [5.74, 6) is -0.299. The number of hydrogen-bond acceptors (Lipinski definition) is 5. The molecule has 3 aromatic carbocycles. The number of esters is 1. The number of fused-ring (bicyclic) bond motifs is 2. The van der Waals surface area contributed by atoms with E-state index in [9.17, 15) is 9.59 Å². The van der Waals surface area contributed by atoms with Crippen LogP contribution in [0.1, 0.15) is 46.8 Å². The normalized spacial score (nSPS) is 16.6. The average Bonchev–Trinajstić information content (AvgIpc) is 3.14. The SMILES string of the molecule is CCOC(=O)C1=C(C)NC2=C(C(=O)c3ccccc32)[C@@H]1c1ccc(OCc2ccccc2)cc1. The minimum atomic E-state index is -0.529. The molecule has 0 unspecified atom stereocenters. The fraction of sp³-hybridized carbons (Fsp3) is 0.172. The van der Waals surface area contributed by atoms with E-state index in [0.29, 0.717) is 29.0 Å². The first-order chi connectivity index (χ1) is 16.6. The third-order valence-corrected chi connectivity index (χ3v) is 6.21. The molecule has 1 aliphatic carbocycles. The lowest BCUT2D eigenvalue weighted by Gasteiger charge is -2.29. The Morgan fingerprint density at radius 3 is 2.29 bits per heavy atom. The molecular formula is C29H25NO4. The molecule has 0 spiro atoms. The third-order valence-electron chi connectivity index (χ3n) is 6.21. The van der Waals surface area contributed by atoms with Gasteiger partial charge in [-0.3, -0.25) is 4.79 Å². The van der Waals surface area contributed by atoms with Crippen molar-refractivity contribution >= 4 is 17.4 Å². The fourth-order valence-corrected chi connectivity index (χ4v) is 4.64. The number of hydrogen-bond donors (Lipinski definition) is 1. The number of dihydropyridines is 1. The molecule has 0 amide bonds. The molecule has 0 saturated heterocycles.